The molecule has 5 rings (SSSR count). The van der Waals surface area contributed by atoms with Gasteiger partial charge in [0.15, 0.2) is 5.52 Å². The number of hydrogen-bond acceptors (Lipinski definition) is 7. The van der Waals surface area contributed by atoms with Crippen LogP contribution >= 0.6 is 0 Å². The van der Waals surface area contributed by atoms with E-state index in [-0.39, 0.29) is 0 Å². The van der Waals surface area contributed by atoms with Crippen LogP contribution in [0.3, 0.4) is 0 Å². The van der Waals surface area contributed by atoms with Crippen molar-refractivity contribution >= 4 is 16.7 Å². The highest BCUT2D eigenvalue weighted by Gasteiger charge is 2.31. The van der Waals surface area contributed by atoms with Crippen molar-refractivity contribution in [1.82, 2.24) is 15.2 Å². The van der Waals surface area contributed by atoms with Crippen LogP contribution in [0.15, 0.2) is 35.0 Å². The molecule has 0 bridgehead atoms. The zero-order valence-electron chi connectivity index (χ0n) is 16.9. The molecule has 2 aromatic carbocycles. The normalized spacial score (nSPS) is 18.2. The Morgan fingerprint density at radius 2 is 1.90 bits per heavy atom. The summed E-state index contributed by atoms with van der Waals surface area (Å²) in [4.78, 5) is 4.89. The number of aromatic nitrogens is 2. The number of hydrogen-bond donors (Lipinski definition) is 0. The van der Waals surface area contributed by atoms with Crippen LogP contribution in [-0.4, -0.2) is 68.3 Å². The predicted octanol–water partition coefficient (Wildman–Crippen LogP) is 2.98. The first-order valence-corrected chi connectivity index (χ1v) is 10.2. The summed E-state index contributed by atoms with van der Waals surface area (Å²) in [6.07, 6.45) is 0. The number of methoxy groups -OCH3 is 1. The fraction of sp³-hybridized carbons (Fsp3) is 0.455. The van der Waals surface area contributed by atoms with Gasteiger partial charge in [0.05, 0.1) is 26.0 Å². The van der Waals surface area contributed by atoms with E-state index in [1.54, 1.807) is 7.11 Å². The molecule has 1 aromatic heterocycles. The Kier molecular flexibility index (Phi) is 4.85. The van der Waals surface area contributed by atoms with E-state index in [1.165, 1.54) is 0 Å². The molecule has 3 heterocycles. The van der Waals surface area contributed by atoms with E-state index in [0.29, 0.717) is 5.92 Å². The molecule has 0 atom stereocenters. The molecule has 7 nitrogen and oxygen atoms in total. The van der Waals surface area contributed by atoms with Gasteiger partial charge in [0.1, 0.15) is 11.3 Å². The maximum atomic E-state index is 5.51. The van der Waals surface area contributed by atoms with E-state index in [2.05, 4.69) is 44.4 Å². The van der Waals surface area contributed by atoms with Crippen LogP contribution < -0.4 is 9.64 Å². The zero-order chi connectivity index (χ0) is 19.8. The van der Waals surface area contributed by atoms with Gasteiger partial charge in [-0.2, -0.15) is 0 Å². The van der Waals surface area contributed by atoms with Crippen LogP contribution in [0, 0.1) is 12.8 Å². The number of fused-ring (bicyclic) bond motifs is 1. The quantitative estimate of drug-likeness (QED) is 0.659. The SMILES string of the molecule is COc1cc(-c2cc(N3CC(CN4CCOCC4)C3)c3nonc3c2)ccc1C. The van der Waals surface area contributed by atoms with E-state index in [4.69, 9.17) is 14.1 Å². The average Bonchev–Trinajstić information content (AvgIpc) is 3.20. The molecule has 0 spiro atoms. The van der Waals surface area contributed by atoms with Gasteiger partial charge in [0.2, 0.25) is 0 Å². The van der Waals surface area contributed by atoms with Crippen molar-refractivity contribution in [3.63, 3.8) is 0 Å². The van der Waals surface area contributed by atoms with Crippen molar-refractivity contribution in [3.05, 3.63) is 35.9 Å². The van der Waals surface area contributed by atoms with Gasteiger partial charge in [-0.25, -0.2) is 4.63 Å². The van der Waals surface area contributed by atoms with Gasteiger partial charge in [-0.05, 0) is 52.1 Å². The summed E-state index contributed by atoms with van der Waals surface area (Å²) in [6.45, 7) is 9.02. The van der Waals surface area contributed by atoms with Gasteiger partial charge in [-0.3, -0.25) is 4.90 Å². The molecular weight excluding hydrogens is 368 g/mol. The fourth-order valence-electron chi connectivity index (χ4n) is 4.31. The topological polar surface area (TPSA) is 63.9 Å². The predicted molar refractivity (Wildman–Crippen MR) is 111 cm³/mol. The Bertz CT molecular complexity index is 1010. The van der Waals surface area contributed by atoms with Crippen LogP contribution in [0.2, 0.25) is 0 Å². The lowest BCUT2D eigenvalue weighted by Crippen LogP contribution is -2.53. The summed E-state index contributed by atoms with van der Waals surface area (Å²) < 4.78 is 16.0. The second-order valence-electron chi connectivity index (χ2n) is 8.00. The average molecular weight is 394 g/mol. The molecule has 29 heavy (non-hydrogen) atoms. The molecule has 2 aliphatic heterocycles. The molecule has 3 aromatic rings. The number of ether oxygens (including phenoxy) is 2. The lowest BCUT2D eigenvalue weighted by Gasteiger charge is -2.43. The number of aryl methyl sites for hydroxylation is 1. The van der Waals surface area contributed by atoms with Crippen LogP contribution in [0.5, 0.6) is 5.75 Å². The van der Waals surface area contributed by atoms with Crippen molar-refractivity contribution in [1.29, 1.82) is 0 Å². The molecule has 2 aliphatic rings. The van der Waals surface area contributed by atoms with Gasteiger partial charge in [-0.15, -0.1) is 0 Å². The lowest BCUT2D eigenvalue weighted by atomic mass is 9.96. The third-order valence-electron chi connectivity index (χ3n) is 6.00. The molecule has 2 fully saturated rings. The smallest absolute Gasteiger partial charge is 0.158 e. The van der Waals surface area contributed by atoms with Crippen LogP contribution in [0.1, 0.15) is 5.56 Å². The van der Waals surface area contributed by atoms with Gasteiger partial charge in [0.25, 0.3) is 0 Å². The molecule has 152 valence electrons. The van der Waals surface area contributed by atoms with E-state index in [9.17, 15) is 0 Å². The molecule has 0 saturated carbocycles. The molecule has 0 aliphatic carbocycles. The van der Waals surface area contributed by atoms with Gasteiger partial charge in [0, 0.05) is 38.6 Å². The highest BCUT2D eigenvalue weighted by atomic mass is 16.6. The number of rotatable bonds is 5. The number of nitrogens with zero attached hydrogens (tertiary/aromatic N) is 4. The largest absolute Gasteiger partial charge is 0.496 e. The van der Waals surface area contributed by atoms with Crippen molar-refractivity contribution in [3.8, 4) is 16.9 Å². The van der Waals surface area contributed by atoms with Crippen molar-refractivity contribution in [2.75, 3.05) is 57.9 Å². The fourth-order valence-corrected chi connectivity index (χ4v) is 4.31. The summed E-state index contributed by atoms with van der Waals surface area (Å²) in [6, 6.07) is 10.5. The summed E-state index contributed by atoms with van der Waals surface area (Å²) in [7, 11) is 1.71. The standard InChI is InChI=1S/C22H26N4O3/c1-15-3-4-17(11-21(15)27-2)18-9-19-22(24-29-23-19)20(10-18)26-13-16(14-26)12-25-5-7-28-8-6-25/h3-4,9-11,16H,5-8,12-14H2,1-2H3. The highest BCUT2D eigenvalue weighted by molar-refractivity contribution is 5.93. The third kappa shape index (κ3) is 3.56. The molecule has 0 N–H and O–H groups in total. The van der Waals surface area contributed by atoms with E-state index >= 15 is 0 Å². The summed E-state index contributed by atoms with van der Waals surface area (Å²) in [5.74, 6) is 1.56. The number of morpholine rings is 1. The maximum Gasteiger partial charge on any atom is 0.158 e. The molecule has 0 radical (unpaired) electrons. The zero-order valence-corrected chi connectivity index (χ0v) is 16.9. The van der Waals surface area contributed by atoms with Gasteiger partial charge >= 0.3 is 0 Å². The minimum Gasteiger partial charge on any atom is -0.496 e. The minimum absolute atomic E-state index is 0.672. The summed E-state index contributed by atoms with van der Waals surface area (Å²) in [5.41, 5.74) is 6.03. The molecule has 2 saturated heterocycles. The molecular formula is C22H26N4O3. The monoisotopic (exact) mass is 394 g/mol. The highest BCUT2D eigenvalue weighted by Crippen LogP contribution is 2.36. The number of benzene rings is 2. The second kappa shape index (κ2) is 7.65. The Balaban J connectivity index is 1.39. The molecule has 0 unspecified atom stereocenters. The van der Waals surface area contributed by atoms with E-state index < -0.39 is 0 Å². The third-order valence-corrected chi connectivity index (χ3v) is 6.00. The van der Waals surface area contributed by atoms with E-state index in [1.807, 2.05) is 13.0 Å². The van der Waals surface area contributed by atoms with Gasteiger partial charge in [-0.1, -0.05) is 12.1 Å². The Hall–Kier alpha value is -2.64. The van der Waals surface area contributed by atoms with Gasteiger partial charge < -0.3 is 14.4 Å². The van der Waals surface area contributed by atoms with Crippen LogP contribution in [0.25, 0.3) is 22.2 Å². The Morgan fingerprint density at radius 1 is 1.07 bits per heavy atom. The Labute approximate surface area is 170 Å². The maximum absolute atomic E-state index is 5.51. The summed E-state index contributed by atoms with van der Waals surface area (Å²) in [5, 5.41) is 8.28. The first-order valence-electron chi connectivity index (χ1n) is 10.2. The summed E-state index contributed by atoms with van der Waals surface area (Å²) >= 11 is 0. The van der Waals surface area contributed by atoms with Crippen LogP contribution in [0.4, 0.5) is 5.69 Å². The van der Waals surface area contributed by atoms with Crippen molar-refractivity contribution < 1.29 is 14.1 Å². The van der Waals surface area contributed by atoms with Crippen LogP contribution in [-0.2, 0) is 4.74 Å². The first-order chi connectivity index (χ1) is 14.2. The first kappa shape index (κ1) is 18.4. The van der Waals surface area contributed by atoms with Crippen molar-refractivity contribution in [2.45, 2.75) is 6.92 Å². The van der Waals surface area contributed by atoms with E-state index in [0.717, 1.165) is 85.1 Å². The minimum atomic E-state index is 0.672. The number of anilines is 1. The second-order valence-corrected chi connectivity index (χ2v) is 8.00. The lowest BCUT2D eigenvalue weighted by molar-refractivity contribution is 0.0286. The Morgan fingerprint density at radius 3 is 2.69 bits per heavy atom. The molecule has 7 heteroatoms. The molecule has 0 amide bonds. The van der Waals surface area contributed by atoms with Crippen molar-refractivity contribution in [2.24, 2.45) is 5.92 Å².